The molecule has 0 aromatic rings. The van der Waals surface area contributed by atoms with Gasteiger partial charge in [-0.2, -0.15) is 0 Å². The largest absolute Gasteiger partial charge is 0.460 e. The SMILES string of the molecule is C[C@@H]1OC(N2CCNCC2)=N[C@@H]1C. The van der Waals surface area contributed by atoms with Gasteiger partial charge in [-0.15, -0.1) is 0 Å². The fourth-order valence-electron chi connectivity index (χ4n) is 1.59. The predicted molar refractivity (Wildman–Crippen MR) is 51.9 cm³/mol. The standard InChI is InChI=1S/C9H17N3O/c1-7-8(2)13-9(11-7)12-5-3-10-4-6-12/h7-8,10H,3-6H2,1-2H3/t7-,8+/m1/s1. The summed E-state index contributed by atoms with van der Waals surface area (Å²) in [6.07, 6.45) is 0.241. The molecule has 1 saturated heterocycles. The van der Waals surface area contributed by atoms with Gasteiger partial charge in [0.05, 0.1) is 6.04 Å². The van der Waals surface area contributed by atoms with E-state index in [-0.39, 0.29) is 6.10 Å². The van der Waals surface area contributed by atoms with Crippen molar-refractivity contribution in [3.05, 3.63) is 0 Å². The second-order valence-electron chi connectivity index (χ2n) is 3.71. The first kappa shape index (κ1) is 8.81. The van der Waals surface area contributed by atoms with Gasteiger partial charge in [0.15, 0.2) is 0 Å². The lowest BCUT2D eigenvalue weighted by Gasteiger charge is -2.28. The average molecular weight is 183 g/mol. The molecule has 0 radical (unpaired) electrons. The van der Waals surface area contributed by atoms with Gasteiger partial charge >= 0.3 is 0 Å². The highest BCUT2D eigenvalue weighted by atomic mass is 16.5. The van der Waals surface area contributed by atoms with Crippen LogP contribution in [0.25, 0.3) is 0 Å². The Morgan fingerprint density at radius 2 is 2.08 bits per heavy atom. The quantitative estimate of drug-likeness (QED) is 0.577. The van der Waals surface area contributed by atoms with Crippen molar-refractivity contribution in [2.45, 2.75) is 26.0 Å². The van der Waals surface area contributed by atoms with Crippen LogP contribution >= 0.6 is 0 Å². The Morgan fingerprint density at radius 1 is 1.38 bits per heavy atom. The molecule has 2 rings (SSSR count). The number of ether oxygens (including phenoxy) is 1. The van der Waals surface area contributed by atoms with Gasteiger partial charge < -0.3 is 15.0 Å². The summed E-state index contributed by atoms with van der Waals surface area (Å²) in [7, 11) is 0. The Bertz CT molecular complexity index is 211. The lowest BCUT2D eigenvalue weighted by molar-refractivity contribution is 0.174. The van der Waals surface area contributed by atoms with Crippen molar-refractivity contribution < 1.29 is 4.74 Å². The normalized spacial score (nSPS) is 34.3. The summed E-state index contributed by atoms with van der Waals surface area (Å²) in [5.74, 6) is 0. The van der Waals surface area contributed by atoms with Crippen molar-refractivity contribution in [3.63, 3.8) is 0 Å². The van der Waals surface area contributed by atoms with Gasteiger partial charge in [-0.05, 0) is 13.8 Å². The zero-order chi connectivity index (χ0) is 9.26. The fourth-order valence-corrected chi connectivity index (χ4v) is 1.59. The monoisotopic (exact) mass is 183 g/mol. The van der Waals surface area contributed by atoms with E-state index in [1.165, 1.54) is 0 Å². The molecule has 0 aromatic heterocycles. The lowest BCUT2D eigenvalue weighted by atomic mass is 10.2. The van der Waals surface area contributed by atoms with Crippen molar-refractivity contribution >= 4 is 6.02 Å². The molecule has 74 valence electrons. The molecule has 0 bridgehead atoms. The number of nitrogens with zero attached hydrogens (tertiary/aromatic N) is 2. The zero-order valence-electron chi connectivity index (χ0n) is 8.29. The molecule has 0 aliphatic carbocycles. The van der Waals surface area contributed by atoms with Crippen LogP contribution in [0.1, 0.15) is 13.8 Å². The second kappa shape index (κ2) is 3.54. The maximum Gasteiger partial charge on any atom is 0.288 e. The number of hydrogen-bond donors (Lipinski definition) is 1. The van der Waals surface area contributed by atoms with Gasteiger partial charge in [0.25, 0.3) is 6.02 Å². The molecule has 0 amide bonds. The number of hydrogen-bond acceptors (Lipinski definition) is 4. The smallest absolute Gasteiger partial charge is 0.288 e. The average Bonchev–Trinajstić information content (AvgIpc) is 2.49. The van der Waals surface area contributed by atoms with E-state index in [1.807, 2.05) is 0 Å². The summed E-state index contributed by atoms with van der Waals surface area (Å²) in [5, 5.41) is 3.31. The lowest BCUT2D eigenvalue weighted by Crippen LogP contribution is -2.46. The number of rotatable bonds is 0. The molecule has 2 atom stereocenters. The molecule has 0 aromatic carbocycles. The van der Waals surface area contributed by atoms with Crippen LogP contribution in [-0.4, -0.2) is 49.2 Å². The van der Waals surface area contributed by atoms with E-state index in [0.29, 0.717) is 6.04 Å². The number of aliphatic imine (C=N–C) groups is 1. The first-order chi connectivity index (χ1) is 6.27. The van der Waals surface area contributed by atoms with E-state index in [4.69, 9.17) is 4.74 Å². The third-order valence-electron chi connectivity index (χ3n) is 2.67. The minimum absolute atomic E-state index is 0.241. The molecule has 1 fully saturated rings. The minimum Gasteiger partial charge on any atom is -0.460 e. The molecular formula is C9H17N3O. The van der Waals surface area contributed by atoms with Crippen molar-refractivity contribution in [1.29, 1.82) is 0 Å². The van der Waals surface area contributed by atoms with Crippen molar-refractivity contribution in [1.82, 2.24) is 10.2 Å². The molecule has 0 unspecified atom stereocenters. The number of nitrogens with one attached hydrogen (secondary N) is 1. The van der Waals surface area contributed by atoms with E-state index >= 15 is 0 Å². The van der Waals surface area contributed by atoms with E-state index in [0.717, 1.165) is 32.2 Å². The van der Waals surface area contributed by atoms with Crippen LogP contribution in [0.5, 0.6) is 0 Å². The van der Waals surface area contributed by atoms with Crippen LogP contribution in [0.2, 0.25) is 0 Å². The molecule has 4 nitrogen and oxygen atoms in total. The first-order valence-corrected chi connectivity index (χ1v) is 4.97. The summed E-state index contributed by atoms with van der Waals surface area (Å²) < 4.78 is 5.66. The predicted octanol–water partition coefficient (Wildman–Crippen LogP) is 0.0548. The van der Waals surface area contributed by atoms with E-state index < -0.39 is 0 Å². The Labute approximate surface area is 79.0 Å². The molecule has 2 heterocycles. The fraction of sp³-hybridized carbons (Fsp3) is 0.889. The summed E-state index contributed by atoms with van der Waals surface area (Å²) in [5.41, 5.74) is 0. The van der Waals surface area contributed by atoms with Crippen LogP contribution in [0, 0.1) is 0 Å². The maximum absolute atomic E-state index is 5.66. The second-order valence-corrected chi connectivity index (χ2v) is 3.71. The Morgan fingerprint density at radius 3 is 2.62 bits per heavy atom. The van der Waals surface area contributed by atoms with Crippen LogP contribution in [0.4, 0.5) is 0 Å². The van der Waals surface area contributed by atoms with Crippen LogP contribution in [0.15, 0.2) is 4.99 Å². The molecular weight excluding hydrogens is 166 g/mol. The van der Waals surface area contributed by atoms with Gasteiger partial charge in [-0.1, -0.05) is 0 Å². The molecule has 0 spiro atoms. The van der Waals surface area contributed by atoms with Gasteiger partial charge in [0, 0.05) is 26.2 Å². The van der Waals surface area contributed by atoms with Crippen LogP contribution in [0.3, 0.4) is 0 Å². The topological polar surface area (TPSA) is 36.9 Å². The summed E-state index contributed by atoms with van der Waals surface area (Å²) >= 11 is 0. The minimum atomic E-state index is 0.241. The molecule has 2 aliphatic heterocycles. The molecule has 4 heteroatoms. The van der Waals surface area contributed by atoms with Gasteiger partial charge in [0.2, 0.25) is 0 Å². The zero-order valence-corrected chi connectivity index (χ0v) is 8.29. The van der Waals surface area contributed by atoms with E-state index in [9.17, 15) is 0 Å². The highest BCUT2D eigenvalue weighted by Crippen LogP contribution is 2.14. The Kier molecular flexibility index (Phi) is 2.40. The highest BCUT2D eigenvalue weighted by molar-refractivity contribution is 5.76. The molecule has 1 N–H and O–H groups in total. The molecule has 0 saturated carbocycles. The third-order valence-corrected chi connectivity index (χ3v) is 2.67. The Hall–Kier alpha value is -0.770. The van der Waals surface area contributed by atoms with Crippen LogP contribution in [-0.2, 0) is 4.74 Å². The molecule has 2 aliphatic rings. The number of piperazine rings is 1. The van der Waals surface area contributed by atoms with Crippen LogP contribution < -0.4 is 5.32 Å². The summed E-state index contributed by atoms with van der Waals surface area (Å²) in [4.78, 5) is 6.70. The highest BCUT2D eigenvalue weighted by Gasteiger charge is 2.27. The van der Waals surface area contributed by atoms with Gasteiger partial charge in [-0.3, -0.25) is 0 Å². The number of amidine groups is 1. The van der Waals surface area contributed by atoms with Gasteiger partial charge in [0.1, 0.15) is 6.10 Å². The van der Waals surface area contributed by atoms with E-state index in [2.05, 4.69) is 29.1 Å². The van der Waals surface area contributed by atoms with Crippen molar-refractivity contribution in [2.75, 3.05) is 26.2 Å². The van der Waals surface area contributed by atoms with Crippen molar-refractivity contribution in [2.24, 2.45) is 4.99 Å². The Balaban J connectivity index is 1.97. The summed E-state index contributed by atoms with van der Waals surface area (Å²) in [6, 6.07) is 1.16. The third kappa shape index (κ3) is 1.77. The van der Waals surface area contributed by atoms with Gasteiger partial charge in [-0.25, -0.2) is 4.99 Å². The molecule has 13 heavy (non-hydrogen) atoms. The summed E-state index contributed by atoms with van der Waals surface area (Å²) in [6.45, 7) is 8.26. The van der Waals surface area contributed by atoms with Crippen molar-refractivity contribution in [3.8, 4) is 0 Å². The first-order valence-electron chi connectivity index (χ1n) is 4.97. The maximum atomic E-state index is 5.66. The van der Waals surface area contributed by atoms with E-state index in [1.54, 1.807) is 0 Å².